The topological polar surface area (TPSA) is 29.5 Å². The molecule has 1 rings (SSSR count). The Morgan fingerprint density at radius 3 is 2.50 bits per heavy atom. The van der Waals surface area contributed by atoms with Crippen LogP contribution >= 0.6 is 0 Å². The molecule has 3 nitrogen and oxygen atoms in total. The minimum atomic E-state index is 0.274. The number of hydrogen-bond donors (Lipinski definition) is 0. The normalized spacial score (nSPS) is 16.4. The van der Waals surface area contributed by atoms with E-state index in [0.29, 0.717) is 19.1 Å². The third-order valence-corrected chi connectivity index (χ3v) is 3.62. The van der Waals surface area contributed by atoms with E-state index < -0.39 is 0 Å². The van der Waals surface area contributed by atoms with E-state index >= 15 is 0 Å². The van der Waals surface area contributed by atoms with Gasteiger partial charge in [0.05, 0.1) is 6.10 Å². The second-order valence-corrected chi connectivity index (χ2v) is 5.04. The zero-order chi connectivity index (χ0) is 13.4. The van der Waals surface area contributed by atoms with Crippen molar-refractivity contribution in [3.8, 4) is 0 Å². The Balaban J connectivity index is 2.11. The average Bonchev–Trinajstić information content (AvgIpc) is 2.39. The van der Waals surface area contributed by atoms with Gasteiger partial charge in [-0.3, -0.25) is 4.79 Å². The fraction of sp³-hybridized carbons (Fsp3) is 0.800. The van der Waals surface area contributed by atoms with E-state index in [4.69, 9.17) is 4.74 Å². The summed E-state index contributed by atoms with van der Waals surface area (Å²) in [7, 11) is 0. The van der Waals surface area contributed by atoms with Gasteiger partial charge in [-0.05, 0) is 32.1 Å². The summed E-state index contributed by atoms with van der Waals surface area (Å²) in [5.41, 5.74) is 1.27. The van der Waals surface area contributed by atoms with Crippen molar-refractivity contribution in [2.45, 2.75) is 58.5 Å². The highest BCUT2D eigenvalue weighted by molar-refractivity contribution is 5.76. The largest absolute Gasteiger partial charge is 0.378 e. The third kappa shape index (κ3) is 5.21. The molecule has 1 fully saturated rings. The van der Waals surface area contributed by atoms with Gasteiger partial charge in [0.25, 0.3) is 0 Å². The van der Waals surface area contributed by atoms with Gasteiger partial charge in [-0.15, -0.1) is 0 Å². The lowest BCUT2D eigenvalue weighted by Crippen LogP contribution is -2.36. The van der Waals surface area contributed by atoms with Crippen LogP contribution in [0.25, 0.3) is 0 Å². The van der Waals surface area contributed by atoms with E-state index in [9.17, 15) is 4.79 Å². The number of nitrogens with zero attached hydrogens (tertiary/aromatic N) is 1. The molecule has 0 aromatic rings. The molecule has 0 atom stereocenters. The molecule has 0 aromatic carbocycles. The van der Waals surface area contributed by atoms with Crippen molar-refractivity contribution in [2.24, 2.45) is 0 Å². The fourth-order valence-electron chi connectivity index (χ4n) is 2.23. The summed E-state index contributed by atoms with van der Waals surface area (Å²) in [6.45, 7) is 10.7. The number of carbonyl (C=O) groups excluding carboxylic acids is 1. The van der Waals surface area contributed by atoms with Gasteiger partial charge in [-0.2, -0.15) is 0 Å². The van der Waals surface area contributed by atoms with Crippen LogP contribution in [-0.4, -0.2) is 36.6 Å². The first-order valence-electron chi connectivity index (χ1n) is 7.23. The van der Waals surface area contributed by atoms with Gasteiger partial charge in [0, 0.05) is 26.1 Å². The Bertz CT molecular complexity index is 262. The molecule has 0 bridgehead atoms. The molecule has 0 aliphatic carbocycles. The van der Waals surface area contributed by atoms with Gasteiger partial charge in [0.15, 0.2) is 0 Å². The average molecular weight is 253 g/mol. The maximum absolute atomic E-state index is 11.9. The predicted octanol–water partition coefficient (Wildman–Crippen LogP) is 3.15. The standard InChI is InChI=1S/C15H27NO2/c1-4-14(5-2)18-12-6-7-15(17)16-10-8-13(3)9-11-16/h14H,3-12H2,1-2H3. The summed E-state index contributed by atoms with van der Waals surface area (Å²) in [5, 5.41) is 0. The van der Waals surface area contributed by atoms with Crippen LogP contribution in [0.5, 0.6) is 0 Å². The fourth-order valence-corrected chi connectivity index (χ4v) is 2.23. The minimum Gasteiger partial charge on any atom is -0.378 e. The van der Waals surface area contributed by atoms with Crippen molar-refractivity contribution in [3.63, 3.8) is 0 Å². The smallest absolute Gasteiger partial charge is 0.222 e. The monoisotopic (exact) mass is 253 g/mol. The van der Waals surface area contributed by atoms with Crippen LogP contribution in [0.4, 0.5) is 0 Å². The van der Waals surface area contributed by atoms with E-state index in [0.717, 1.165) is 45.2 Å². The highest BCUT2D eigenvalue weighted by Crippen LogP contribution is 2.15. The number of amides is 1. The number of rotatable bonds is 7. The molecule has 0 spiro atoms. The lowest BCUT2D eigenvalue weighted by atomic mass is 10.1. The maximum Gasteiger partial charge on any atom is 0.222 e. The van der Waals surface area contributed by atoms with Crippen LogP contribution in [-0.2, 0) is 9.53 Å². The predicted molar refractivity (Wildman–Crippen MR) is 74.5 cm³/mol. The SMILES string of the molecule is C=C1CCN(C(=O)CCCOC(CC)CC)CC1. The summed E-state index contributed by atoms with van der Waals surface area (Å²) < 4.78 is 5.71. The second kappa shape index (κ2) is 8.30. The number of carbonyl (C=O) groups is 1. The number of ether oxygens (including phenoxy) is 1. The molecule has 3 heteroatoms. The zero-order valence-corrected chi connectivity index (χ0v) is 11.9. The Morgan fingerprint density at radius 1 is 1.33 bits per heavy atom. The Hall–Kier alpha value is -0.830. The van der Waals surface area contributed by atoms with E-state index in [1.54, 1.807) is 0 Å². The van der Waals surface area contributed by atoms with Crippen molar-refractivity contribution in [3.05, 3.63) is 12.2 Å². The second-order valence-electron chi connectivity index (χ2n) is 5.04. The third-order valence-electron chi connectivity index (χ3n) is 3.62. The van der Waals surface area contributed by atoms with Gasteiger partial charge in [-0.1, -0.05) is 26.0 Å². The number of piperidine rings is 1. The maximum atomic E-state index is 11.9. The van der Waals surface area contributed by atoms with Crippen LogP contribution in [0.2, 0.25) is 0 Å². The molecular formula is C15H27NO2. The number of likely N-dealkylation sites (tertiary alicyclic amines) is 1. The van der Waals surface area contributed by atoms with Crippen LogP contribution < -0.4 is 0 Å². The first kappa shape index (κ1) is 15.2. The summed E-state index contributed by atoms with van der Waals surface area (Å²) in [5.74, 6) is 0.274. The lowest BCUT2D eigenvalue weighted by Gasteiger charge is -2.28. The molecule has 0 unspecified atom stereocenters. The molecule has 104 valence electrons. The molecule has 1 amide bonds. The van der Waals surface area contributed by atoms with Crippen molar-refractivity contribution in [1.29, 1.82) is 0 Å². The molecule has 1 aliphatic heterocycles. The summed E-state index contributed by atoms with van der Waals surface area (Å²) in [6.07, 6.45) is 5.86. The first-order valence-corrected chi connectivity index (χ1v) is 7.23. The van der Waals surface area contributed by atoms with E-state index in [-0.39, 0.29) is 5.91 Å². The Kier molecular flexibility index (Phi) is 7.02. The highest BCUT2D eigenvalue weighted by atomic mass is 16.5. The van der Waals surface area contributed by atoms with Gasteiger partial charge in [0.2, 0.25) is 5.91 Å². The zero-order valence-electron chi connectivity index (χ0n) is 11.9. The van der Waals surface area contributed by atoms with Crippen LogP contribution in [0.15, 0.2) is 12.2 Å². The molecule has 1 saturated heterocycles. The molecule has 0 N–H and O–H groups in total. The van der Waals surface area contributed by atoms with E-state index in [1.165, 1.54) is 5.57 Å². The minimum absolute atomic E-state index is 0.274. The van der Waals surface area contributed by atoms with Crippen LogP contribution in [0.1, 0.15) is 52.4 Å². The first-order chi connectivity index (χ1) is 8.67. The Morgan fingerprint density at radius 2 is 1.94 bits per heavy atom. The molecule has 0 aromatic heterocycles. The molecular weight excluding hydrogens is 226 g/mol. The van der Waals surface area contributed by atoms with Gasteiger partial charge >= 0.3 is 0 Å². The summed E-state index contributed by atoms with van der Waals surface area (Å²) in [4.78, 5) is 13.9. The molecule has 1 heterocycles. The summed E-state index contributed by atoms with van der Waals surface area (Å²) in [6, 6.07) is 0. The van der Waals surface area contributed by atoms with Crippen molar-refractivity contribution >= 4 is 5.91 Å². The van der Waals surface area contributed by atoms with Crippen LogP contribution in [0, 0.1) is 0 Å². The lowest BCUT2D eigenvalue weighted by molar-refractivity contribution is -0.132. The van der Waals surface area contributed by atoms with Crippen molar-refractivity contribution < 1.29 is 9.53 Å². The molecule has 0 saturated carbocycles. The quantitative estimate of drug-likeness (QED) is 0.515. The molecule has 0 radical (unpaired) electrons. The van der Waals surface area contributed by atoms with E-state index in [2.05, 4.69) is 20.4 Å². The van der Waals surface area contributed by atoms with Crippen LogP contribution in [0.3, 0.4) is 0 Å². The highest BCUT2D eigenvalue weighted by Gasteiger charge is 2.17. The van der Waals surface area contributed by atoms with E-state index in [1.807, 2.05) is 4.90 Å². The van der Waals surface area contributed by atoms with Crippen molar-refractivity contribution in [1.82, 2.24) is 4.90 Å². The van der Waals surface area contributed by atoms with Crippen molar-refractivity contribution in [2.75, 3.05) is 19.7 Å². The van der Waals surface area contributed by atoms with Gasteiger partial charge in [-0.25, -0.2) is 0 Å². The van der Waals surface area contributed by atoms with Gasteiger partial charge in [0.1, 0.15) is 0 Å². The summed E-state index contributed by atoms with van der Waals surface area (Å²) >= 11 is 0. The number of hydrogen-bond acceptors (Lipinski definition) is 2. The van der Waals surface area contributed by atoms with Gasteiger partial charge < -0.3 is 9.64 Å². The molecule has 1 aliphatic rings. The Labute approximate surface area is 111 Å². The molecule has 18 heavy (non-hydrogen) atoms.